The van der Waals surface area contributed by atoms with Crippen LogP contribution in [0.2, 0.25) is 0 Å². The molecule has 2 aliphatic rings. The molecular weight excluding hydrogens is 438 g/mol. The van der Waals surface area contributed by atoms with Crippen molar-refractivity contribution in [2.45, 2.75) is 44.9 Å². The molecule has 2 aliphatic heterocycles. The molecule has 2 amide bonds. The van der Waals surface area contributed by atoms with Crippen molar-refractivity contribution in [3.8, 4) is 5.75 Å². The molecule has 1 atom stereocenters. The molecule has 1 aromatic heterocycles. The van der Waals surface area contributed by atoms with Gasteiger partial charge in [0.05, 0.1) is 12.6 Å². The van der Waals surface area contributed by atoms with Crippen LogP contribution in [-0.2, 0) is 17.9 Å². The normalized spacial score (nSPS) is 18.4. The van der Waals surface area contributed by atoms with Crippen molar-refractivity contribution in [2.75, 3.05) is 19.6 Å². The number of aromatic nitrogens is 2. The van der Waals surface area contributed by atoms with E-state index in [1.807, 2.05) is 30.3 Å². The lowest BCUT2D eigenvalue weighted by molar-refractivity contribution is -0.0143. The third-order valence-electron chi connectivity index (χ3n) is 5.73. The summed E-state index contributed by atoms with van der Waals surface area (Å²) in [6.07, 6.45) is 0.508. The predicted octanol–water partition coefficient (Wildman–Crippen LogP) is 2.53. The van der Waals surface area contributed by atoms with Gasteiger partial charge in [-0.2, -0.15) is 4.98 Å². The molecule has 176 valence electrons. The lowest BCUT2D eigenvalue weighted by Crippen LogP contribution is -2.48. The van der Waals surface area contributed by atoms with Crippen molar-refractivity contribution in [1.82, 2.24) is 19.4 Å². The van der Waals surface area contributed by atoms with Gasteiger partial charge in [0.25, 0.3) is 11.8 Å². The van der Waals surface area contributed by atoms with Gasteiger partial charge < -0.3 is 19.3 Å². The van der Waals surface area contributed by atoms with E-state index in [0.29, 0.717) is 26.3 Å². The number of amides is 2. The molecule has 11 heteroatoms. The van der Waals surface area contributed by atoms with Crippen LogP contribution in [0.3, 0.4) is 0 Å². The molecule has 0 bridgehead atoms. The molecule has 33 heavy (non-hydrogen) atoms. The van der Waals surface area contributed by atoms with E-state index in [2.05, 4.69) is 4.98 Å². The molecule has 4 rings (SSSR count). The van der Waals surface area contributed by atoms with Crippen LogP contribution in [0.4, 0.5) is 13.6 Å². The molecule has 0 aliphatic carbocycles. The summed E-state index contributed by atoms with van der Waals surface area (Å²) in [7, 11) is 0. The molecule has 2 aromatic rings. The third-order valence-corrected chi connectivity index (χ3v) is 5.73. The Morgan fingerprint density at radius 1 is 1.21 bits per heavy atom. The number of aromatic hydroxyl groups is 1. The molecule has 1 aromatic carbocycles. The van der Waals surface area contributed by atoms with Crippen LogP contribution >= 0.6 is 0 Å². The highest BCUT2D eigenvalue weighted by Crippen LogP contribution is 2.34. The van der Waals surface area contributed by atoms with Crippen LogP contribution in [-0.4, -0.2) is 62.0 Å². The summed E-state index contributed by atoms with van der Waals surface area (Å²) in [5.74, 6) is -4.76. The zero-order valence-electron chi connectivity index (χ0n) is 18.0. The first-order chi connectivity index (χ1) is 15.7. The quantitative estimate of drug-likeness (QED) is 0.732. The molecule has 1 N–H and O–H groups in total. The molecule has 1 saturated heterocycles. The van der Waals surface area contributed by atoms with Gasteiger partial charge in [0.1, 0.15) is 12.4 Å². The SMILES string of the molecule is CC(F)(F)CN1CCn2c(C3CCCN3C(=O)OCc3ccccc3)nc(=O)c(O)c2C1=O. The topological polar surface area (TPSA) is 105 Å². The maximum absolute atomic E-state index is 13.5. The van der Waals surface area contributed by atoms with Crippen LogP contribution in [0, 0.1) is 0 Å². The first-order valence-corrected chi connectivity index (χ1v) is 10.6. The third kappa shape index (κ3) is 4.67. The van der Waals surface area contributed by atoms with E-state index in [4.69, 9.17) is 4.74 Å². The van der Waals surface area contributed by atoms with Crippen molar-refractivity contribution in [3.63, 3.8) is 0 Å². The Bertz CT molecular complexity index is 1120. The van der Waals surface area contributed by atoms with Crippen LogP contribution in [0.25, 0.3) is 0 Å². The van der Waals surface area contributed by atoms with Crippen molar-refractivity contribution >= 4 is 12.0 Å². The first kappa shape index (κ1) is 22.7. The fourth-order valence-electron chi connectivity index (χ4n) is 4.27. The Labute approximate surface area is 188 Å². The summed E-state index contributed by atoms with van der Waals surface area (Å²) < 4.78 is 33.8. The molecule has 0 radical (unpaired) electrons. The summed E-state index contributed by atoms with van der Waals surface area (Å²) in [5.41, 5.74) is -0.611. The largest absolute Gasteiger partial charge is 0.501 e. The number of halogens is 2. The fraction of sp³-hybridized carbons (Fsp3) is 0.455. The number of likely N-dealkylation sites (tertiary alicyclic amines) is 1. The van der Waals surface area contributed by atoms with Gasteiger partial charge in [-0.1, -0.05) is 30.3 Å². The fourth-order valence-corrected chi connectivity index (χ4v) is 4.27. The van der Waals surface area contributed by atoms with E-state index in [9.17, 15) is 28.3 Å². The second-order valence-electron chi connectivity index (χ2n) is 8.31. The van der Waals surface area contributed by atoms with E-state index in [1.165, 1.54) is 9.47 Å². The number of benzene rings is 1. The van der Waals surface area contributed by atoms with E-state index in [-0.39, 0.29) is 31.2 Å². The van der Waals surface area contributed by atoms with E-state index in [1.54, 1.807) is 0 Å². The standard InChI is InChI=1S/C22H24F2N4O5/c1-22(23,24)13-26-10-11-28-16(20(26)31)17(29)19(30)25-18(28)15-8-5-9-27(15)21(32)33-12-14-6-3-2-4-7-14/h2-4,6-7,15,29H,5,8-13H2,1H3. The second-order valence-corrected chi connectivity index (χ2v) is 8.31. The predicted molar refractivity (Wildman–Crippen MR) is 112 cm³/mol. The summed E-state index contributed by atoms with van der Waals surface area (Å²) >= 11 is 0. The first-order valence-electron chi connectivity index (χ1n) is 10.6. The lowest BCUT2D eigenvalue weighted by Gasteiger charge is -2.34. The number of nitrogens with zero attached hydrogens (tertiary/aromatic N) is 4. The van der Waals surface area contributed by atoms with Crippen LogP contribution in [0.15, 0.2) is 35.1 Å². The summed E-state index contributed by atoms with van der Waals surface area (Å²) in [5, 5.41) is 10.2. The van der Waals surface area contributed by atoms with Gasteiger partial charge in [0, 0.05) is 26.6 Å². The summed E-state index contributed by atoms with van der Waals surface area (Å²) in [6, 6.07) is 8.51. The van der Waals surface area contributed by atoms with Crippen LogP contribution < -0.4 is 5.56 Å². The van der Waals surface area contributed by atoms with Crippen molar-refractivity contribution in [2.24, 2.45) is 0 Å². The Morgan fingerprint density at radius 2 is 1.94 bits per heavy atom. The summed E-state index contributed by atoms with van der Waals surface area (Å²) in [6.45, 7) is 0.305. The Morgan fingerprint density at radius 3 is 2.64 bits per heavy atom. The number of carbonyl (C=O) groups is 2. The molecule has 0 spiro atoms. The molecule has 0 saturated carbocycles. The van der Waals surface area contributed by atoms with Crippen molar-refractivity contribution in [3.05, 3.63) is 57.8 Å². The Balaban J connectivity index is 1.61. The van der Waals surface area contributed by atoms with Gasteiger partial charge in [-0.25, -0.2) is 13.6 Å². The highest BCUT2D eigenvalue weighted by molar-refractivity contribution is 5.95. The zero-order chi connectivity index (χ0) is 23.8. The zero-order valence-corrected chi connectivity index (χ0v) is 18.0. The minimum Gasteiger partial charge on any atom is -0.501 e. The highest BCUT2D eigenvalue weighted by Gasteiger charge is 2.40. The van der Waals surface area contributed by atoms with Gasteiger partial charge in [-0.15, -0.1) is 0 Å². The summed E-state index contributed by atoms with van der Waals surface area (Å²) in [4.78, 5) is 44.3. The maximum Gasteiger partial charge on any atom is 0.410 e. The number of fused-ring (bicyclic) bond motifs is 1. The molecule has 9 nitrogen and oxygen atoms in total. The second kappa shape index (κ2) is 8.80. The van der Waals surface area contributed by atoms with Crippen LogP contribution in [0.1, 0.15) is 47.7 Å². The minimum absolute atomic E-state index is 0.0442. The number of alkyl halides is 2. The number of ether oxygens (including phenoxy) is 1. The van der Waals surface area contributed by atoms with Gasteiger partial charge in [-0.3, -0.25) is 14.5 Å². The average molecular weight is 462 g/mol. The Kier molecular flexibility index (Phi) is 6.05. The number of hydrogen-bond donors (Lipinski definition) is 1. The van der Waals surface area contributed by atoms with Gasteiger partial charge >= 0.3 is 11.7 Å². The molecule has 1 unspecified atom stereocenters. The number of rotatable bonds is 5. The van der Waals surface area contributed by atoms with E-state index < -0.39 is 41.8 Å². The number of hydrogen-bond acceptors (Lipinski definition) is 6. The highest BCUT2D eigenvalue weighted by atomic mass is 19.3. The minimum atomic E-state index is -3.13. The lowest BCUT2D eigenvalue weighted by atomic mass is 10.1. The van der Waals surface area contributed by atoms with E-state index in [0.717, 1.165) is 10.5 Å². The molecule has 1 fully saturated rings. The average Bonchev–Trinajstić information content (AvgIpc) is 3.26. The monoisotopic (exact) mass is 462 g/mol. The smallest absolute Gasteiger partial charge is 0.410 e. The van der Waals surface area contributed by atoms with Gasteiger partial charge in [-0.05, 0) is 18.4 Å². The molecule has 3 heterocycles. The van der Waals surface area contributed by atoms with Gasteiger partial charge in [0.15, 0.2) is 5.69 Å². The maximum atomic E-state index is 13.5. The van der Waals surface area contributed by atoms with E-state index >= 15 is 0 Å². The molecular formula is C22H24F2N4O5. The number of carbonyl (C=O) groups excluding carboxylic acids is 2. The van der Waals surface area contributed by atoms with Gasteiger partial charge in [0.2, 0.25) is 5.75 Å². The Hall–Kier alpha value is -3.50. The van der Waals surface area contributed by atoms with Crippen molar-refractivity contribution < 1.29 is 28.2 Å². The van der Waals surface area contributed by atoms with Crippen LogP contribution in [0.5, 0.6) is 5.75 Å². The van der Waals surface area contributed by atoms with Crippen molar-refractivity contribution in [1.29, 1.82) is 0 Å².